The fraction of sp³-hybridized carbons (Fsp3) is 0.500. The van der Waals surface area contributed by atoms with Crippen molar-refractivity contribution in [2.75, 3.05) is 7.11 Å². The molecule has 1 rings (SSSR count). The number of urea groups is 1. The number of carboxylic acids is 1. The first-order valence-electron chi connectivity index (χ1n) is 6.74. The van der Waals surface area contributed by atoms with E-state index in [0.29, 0.717) is 12.3 Å². The van der Waals surface area contributed by atoms with Crippen molar-refractivity contribution >= 4 is 12.0 Å². The Morgan fingerprint density at radius 3 is 2.76 bits per heavy atom. The van der Waals surface area contributed by atoms with Gasteiger partial charge in [0.2, 0.25) is 5.88 Å². The molecule has 116 valence electrons. The van der Waals surface area contributed by atoms with Crippen molar-refractivity contribution in [3.63, 3.8) is 0 Å². The quantitative estimate of drug-likeness (QED) is 0.705. The van der Waals surface area contributed by atoms with Gasteiger partial charge in [-0.05, 0) is 17.5 Å². The van der Waals surface area contributed by atoms with Crippen molar-refractivity contribution in [1.29, 1.82) is 0 Å². The molecule has 0 aliphatic carbocycles. The minimum Gasteiger partial charge on any atom is -0.481 e. The Morgan fingerprint density at radius 1 is 1.48 bits per heavy atom. The smallest absolute Gasteiger partial charge is 0.326 e. The summed E-state index contributed by atoms with van der Waals surface area (Å²) in [5, 5.41) is 14.2. The van der Waals surface area contributed by atoms with E-state index in [9.17, 15) is 9.59 Å². The molecule has 0 bridgehead atoms. The molecule has 0 saturated heterocycles. The van der Waals surface area contributed by atoms with Crippen LogP contribution in [0.5, 0.6) is 5.88 Å². The van der Waals surface area contributed by atoms with E-state index in [-0.39, 0.29) is 12.5 Å². The molecule has 0 aromatic carbocycles. The summed E-state index contributed by atoms with van der Waals surface area (Å²) in [6.45, 7) is 3.92. The normalized spacial score (nSPS) is 13.1. The van der Waals surface area contributed by atoms with Gasteiger partial charge in [0.05, 0.1) is 7.11 Å². The van der Waals surface area contributed by atoms with Crippen LogP contribution >= 0.6 is 0 Å². The van der Waals surface area contributed by atoms with Gasteiger partial charge in [0, 0.05) is 18.8 Å². The molecule has 2 amide bonds. The number of methoxy groups -OCH3 is 1. The maximum Gasteiger partial charge on any atom is 0.326 e. The number of ether oxygens (including phenoxy) is 1. The number of nitrogens with one attached hydrogen (secondary N) is 2. The molecule has 7 heteroatoms. The van der Waals surface area contributed by atoms with E-state index < -0.39 is 18.0 Å². The molecule has 3 N–H and O–H groups in total. The fourth-order valence-electron chi connectivity index (χ4n) is 1.73. The van der Waals surface area contributed by atoms with E-state index in [2.05, 4.69) is 15.6 Å². The van der Waals surface area contributed by atoms with Gasteiger partial charge in [-0.2, -0.15) is 0 Å². The molecule has 0 radical (unpaired) electrons. The summed E-state index contributed by atoms with van der Waals surface area (Å²) in [4.78, 5) is 26.9. The Hall–Kier alpha value is -2.31. The molecule has 2 atom stereocenters. The molecule has 0 unspecified atom stereocenters. The van der Waals surface area contributed by atoms with Gasteiger partial charge in [-0.25, -0.2) is 14.6 Å². The van der Waals surface area contributed by atoms with E-state index in [1.54, 1.807) is 25.3 Å². The van der Waals surface area contributed by atoms with Gasteiger partial charge in [-0.3, -0.25) is 0 Å². The van der Waals surface area contributed by atoms with Crippen molar-refractivity contribution in [2.45, 2.75) is 32.9 Å². The third kappa shape index (κ3) is 5.29. The second-order valence-corrected chi connectivity index (χ2v) is 4.73. The van der Waals surface area contributed by atoms with Gasteiger partial charge >= 0.3 is 12.0 Å². The van der Waals surface area contributed by atoms with Gasteiger partial charge in [0.15, 0.2) is 0 Å². The van der Waals surface area contributed by atoms with Crippen LogP contribution in [0.4, 0.5) is 4.79 Å². The number of amides is 2. The molecule has 0 saturated carbocycles. The highest BCUT2D eigenvalue weighted by Gasteiger charge is 2.25. The van der Waals surface area contributed by atoms with E-state index in [4.69, 9.17) is 9.84 Å². The highest BCUT2D eigenvalue weighted by atomic mass is 16.5. The van der Waals surface area contributed by atoms with Crippen LogP contribution in [-0.4, -0.2) is 35.2 Å². The lowest BCUT2D eigenvalue weighted by Crippen LogP contribution is -2.48. The van der Waals surface area contributed by atoms with Crippen LogP contribution in [-0.2, 0) is 11.3 Å². The van der Waals surface area contributed by atoms with Crippen LogP contribution in [0, 0.1) is 5.92 Å². The molecular weight excluding hydrogens is 274 g/mol. The number of rotatable bonds is 7. The zero-order valence-electron chi connectivity index (χ0n) is 12.4. The predicted octanol–water partition coefficient (Wildman–Crippen LogP) is 1.39. The average molecular weight is 295 g/mol. The van der Waals surface area contributed by atoms with Crippen LogP contribution in [0.25, 0.3) is 0 Å². The van der Waals surface area contributed by atoms with Gasteiger partial charge in [0.1, 0.15) is 6.04 Å². The minimum atomic E-state index is -1.04. The zero-order valence-corrected chi connectivity index (χ0v) is 12.4. The first kappa shape index (κ1) is 16.7. The maximum absolute atomic E-state index is 11.8. The molecule has 0 fully saturated rings. The van der Waals surface area contributed by atoms with Gasteiger partial charge in [-0.1, -0.05) is 20.3 Å². The maximum atomic E-state index is 11.8. The van der Waals surface area contributed by atoms with Crippen molar-refractivity contribution in [2.24, 2.45) is 5.92 Å². The average Bonchev–Trinajstić information content (AvgIpc) is 2.49. The Bertz CT molecular complexity index is 493. The standard InChI is InChI=1S/C14H21N3O4/c1-4-9(2)12(13(18)19)17-14(20)16-8-10-5-6-15-11(7-10)21-3/h5-7,9,12H,4,8H2,1-3H3,(H,18,19)(H2,16,17,20)/t9-,12-/m0/s1. The monoisotopic (exact) mass is 295 g/mol. The highest BCUT2D eigenvalue weighted by Crippen LogP contribution is 2.09. The topological polar surface area (TPSA) is 101 Å². The number of carboxylic acid groups (broad SMARTS) is 1. The number of hydrogen-bond donors (Lipinski definition) is 3. The lowest BCUT2D eigenvalue weighted by molar-refractivity contribution is -0.140. The van der Waals surface area contributed by atoms with Crippen LogP contribution in [0.1, 0.15) is 25.8 Å². The van der Waals surface area contributed by atoms with Crippen LogP contribution in [0.3, 0.4) is 0 Å². The Kier molecular flexibility index (Phi) is 6.45. The summed E-state index contributed by atoms with van der Waals surface area (Å²) in [5.74, 6) is -0.725. The predicted molar refractivity (Wildman–Crippen MR) is 77.0 cm³/mol. The summed E-state index contributed by atoms with van der Waals surface area (Å²) >= 11 is 0. The molecular formula is C14H21N3O4. The van der Waals surface area contributed by atoms with Gasteiger partial charge in [0.25, 0.3) is 0 Å². The summed E-state index contributed by atoms with van der Waals surface area (Å²) in [6, 6.07) is 2.02. The molecule has 1 heterocycles. The third-order valence-corrected chi connectivity index (χ3v) is 3.23. The molecule has 0 aliphatic rings. The Labute approximate surface area is 123 Å². The van der Waals surface area contributed by atoms with Crippen molar-refractivity contribution in [1.82, 2.24) is 15.6 Å². The third-order valence-electron chi connectivity index (χ3n) is 3.23. The molecule has 0 aliphatic heterocycles. The number of nitrogens with zero attached hydrogens (tertiary/aromatic N) is 1. The minimum absolute atomic E-state index is 0.144. The van der Waals surface area contributed by atoms with Gasteiger partial charge in [-0.15, -0.1) is 0 Å². The van der Waals surface area contributed by atoms with Gasteiger partial charge < -0.3 is 20.5 Å². The molecule has 7 nitrogen and oxygen atoms in total. The molecule has 1 aromatic rings. The van der Waals surface area contributed by atoms with Crippen LogP contribution in [0.2, 0.25) is 0 Å². The highest BCUT2D eigenvalue weighted by molar-refractivity contribution is 5.82. The summed E-state index contributed by atoms with van der Waals surface area (Å²) in [7, 11) is 1.51. The second kappa shape index (κ2) is 8.08. The summed E-state index contributed by atoms with van der Waals surface area (Å²) in [5.41, 5.74) is 0.812. The lowest BCUT2D eigenvalue weighted by Gasteiger charge is -2.20. The zero-order chi connectivity index (χ0) is 15.8. The van der Waals surface area contributed by atoms with Crippen molar-refractivity contribution in [3.8, 4) is 5.88 Å². The SMILES string of the molecule is CC[C@H](C)[C@H](NC(=O)NCc1ccnc(OC)c1)C(=O)O. The Balaban J connectivity index is 2.54. The van der Waals surface area contributed by atoms with Crippen molar-refractivity contribution < 1.29 is 19.4 Å². The lowest BCUT2D eigenvalue weighted by atomic mass is 9.99. The number of hydrogen-bond acceptors (Lipinski definition) is 4. The van der Waals surface area contributed by atoms with E-state index in [1.165, 1.54) is 7.11 Å². The van der Waals surface area contributed by atoms with E-state index >= 15 is 0 Å². The largest absolute Gasteiger partial charge is 0.481 e. The number of carbonyl (C=O) groups excluding carboxylic acids is 1. The number of pyridine rings is 1. The first-order valence-corrected chi connectivity index (χ1v) is 6.74. The van der Waals surface area contributed by atoms with Crippen LogP contribution < -0.4 is 15.4 Å². The number of aliphatic carboxylic acids is 1. The van der Waals surface area contributed by atoms with Crippen LogP contribution in [0.15, 0.2) is 18.3 Å². The summed E-state index contributed by atoms with van der Waals surface area (Å²) in [6.07, 6.45) is 2.24. The Morgan fingerprint density at radius 2 is 2.19 bits per heavy atom. The number of aromatic nitrogens is 1. The summed E-state index contributed by atoms with van der Waals surface area (Å²) < 4.78 is 4.99. The van der Waals surface area contributed by atoms with Crippen molar-refractivity contribution in [3.05, 3.63) is 23.9 Å². The molecule has 21 heavy (non-hydrogen) atoms. The van der Waals surface area contributed by atoms with E-state index in [1.807, 2.05) is 6.92 Å². The molecule has 1 aromatic heterocycles. The second-order valence-electron chi connectivity index (χ2n) is 4.73. The first-order chi connectivity index (χ1) is 9.97. The fourth-order valence-corrected chi connectivity index (χ4v) is 1.73. The molecule has 0 spiro atoms. The van der Waals surface area contributed by atoms with E-state index in [0.717, 1.165) is 5.56 Å². The number of carbonyl (C=O) groups is 2.